The van der Waals surface area contributed by atoms with Crippen LogP contribution in [0.15, 0.2) is 35.3 Å². The number of aliphatic hydroxyl groups is 1. The van der Waals surface area contributed by atoms with Crippen LogP contribution in [0.4, 0.5) is 0 Å². The van der Waals surface area contributed by atoms with Crippen LogP contribution in [0.5, 0.6) is 0 Å². The molecule has 4 N–H and O–H groups in total. The van der Waals surface area contributed by atoms with Crippen molar-refractivity contribution in [2.24, 2.45) is 4.99 Å². The second-order valence-electron chi connectivity index (χ2n) is 7.09. The van der Waals surface area contributed by atoms with Gasteiger partial charge in [-0.05, 0) is 32.3 Å². The number of hydrogen-bond donors (Lipinski definition) is 4. The van der Waals surface area contributed by atoms with Gasteiger partial charge in [0.2, 0.25) is 5.91 Å². The molecule has 1 saturated carbocycles. The summed E-state index contributed by atoms with van der Waals surface area (Å²) < 4.78 is 0. The molecule has 1 aliphatic carbocycles. The molecule has 26 heavy (non-hydrogen) atoms. The Balaban J connectivity index is 1.86. The lowest BCUT2D eigenvalue weighted by Gasteiger charge is -2.25. The molecule has 0 saturated heterocycles. The number of guanidine groups is 1. The summed E-state index contributed by atoms with van der Waals surface area (Å²) in [5, 5.41) is 20.0. The van der Waals surface area contributed by atoms with E-state index < -0.39 is 5.60 Å². The van der Waals surface area contributed by atoms with Crippen LogP contribution < -0.4 is 16.0 Å². The first kappa shape index (κ1) is 20.2. The Morgan fingerprint density at radius 1 is 1.19 bits per heavy atom. The number of amides is 1. The Bertz CT molecular complexity index is 581. The molecule has 6 nitrogen and oxygen atoms in total. The highest BCUT2D eigenvalue weighted by atomic mass is 16.3. The predicted octanol–water partition coefficient (Wildman–Crippen LogP) is 1.90. The van der Waals surface area contributed by atoms with Crippen molar-refractivity contribution in [2.75, 3.05) is 19.6 Å². The van der Waals surface area contributed by atoms with Crippen molar-refractivity contribution in [3.05, 3.63) is 35.9 Å². The number of carbonyl (C=O) groups is 1. The Morgan fingerprint density at radius 3 is 2.54 bits per heavy atom. The molecule has 1 atom stereocenters. The van der Waals surface area contributed by atoms with E-state index in [1.54, 1.807) is 6.92 Å². The first-order valence-corrected chi connectivity index (χ1v) is 9.60. The van der Waals surface area contributed by atoms with Crippen molar-refractivity contribution < 1.29 is 9.90 Å². The maximum atomic E-state index is 12.1. The SMILES string of the molecule is CCNC(=NCC(=O)NC1CCCCC1)NCC(C)(O)c1ccccc1. The highest BCUT2D eigenvalue weighted by Crippen LogP contribution is 2.19. The van der Waals surface area contributed by atoms with Gasteiger partial charge in [-0.15, -0.1) is 0 Å². The predicted molar refractivity (Wildman–Crippen MR) is 105 cm³/mol. The zero-order valence-electron chi connectivity index (χ0n) is 15.9. The molecular formula is C20H32N4O2. The van der Waals surface area contributed by atoms with Gasteiger partial charge < -0.3 is 21.1 Å². The third-order valence-corrected chi connectivity index (χ3v) is 4.69. The fraction of sp³-hybridized carbons (Fsp3) is 0.600. The second kappa shape index (κ2) is 10.2. The van der Waals surface area contributed by atoms with Crippen LogP contribution in [-0.2, 0) is 10.4 Å². The molecule has 1 aliphatic rings. The van der Waals surface area contributed by atoms with Crippen molar-refractivity contribution in [2.45, 2.75) is 57.6 Å². The third-order valence-electron chi connectivity index (χ3n) is 4.69. The van der Waals surface area contributed by atoms with Gasteiger partial charge in [-0.1, -0.05) is 49.6 Å². The van der Waals surface area contributed by atoms with Gasteiger partial charge in [0.05, 0.1) is 6.54 Å². The van der Waals surface area contributed by atoms with Gasteiger partial charge in [-0.3, -0.25) is 4.79 Å². The van der Waals surface area contributed by atoms with Crippen molar-refractivity contribution in [3.8, 4) is 0 Å². The lowest BCUT2D eigenvalue weighted by molar-refractivity contribution is -0.120. The van der Waals surface area contributed by atoms with Crippen LogP contribution in [0.25, 0.3) is 0 Å². The monoisotopic (exact) mass is 360 g/mol. The fourth-order valence-electron chi connectivity index (χ4n) is 3.17. The minimum Gasteiger partial charge on any atom is -0.384 e. The van der Waals surface area contributed by atoms with E-state index in [9.17, 15) is 9.90 Å². The minimum absolute atomic E-state index is 0.0519. The molecule has 1 aromatic rings. The van der Waals surface area contributed by atoms with Gasteiger partial charge in [0, 0.05) is 12.6 Å². The van der Waals surface area contributed by atoms with Crippen molar-refractivity contribution >= 4 is 11.9 Å². The molecule has 1 amide bonds. The highest BCUT2D eigenvalue weighted by Gasteiger charge is 2.23. The molecule has 2 rings (SSSR count). The van der Waals surface area contributed by atoms with Crippen LogP contribution in [-0.4, -0.2) is 42.6 Å². The van der Waals surface area contributed by atoms with E-state index in [1.807, 2.05) is 37.3 Å². The van der Waals surface area contributed by atoms with Gasteiger partial charge in [0.25, 0.3) is 0 Å². The first-order valence-electron chi connectivity index (χ1n) is 9.60. The standard InChI is InChI=1S/C20H32N4O2/c1-3-21-19(22-14-18(25)24-17-12-8-5-9-13-17)23-15-20(2,26)16-10-6-4-7-11-16/h4,6-7,10-11,17,26H,3,5,8-9,12-15H2,1-2H3,(H,24,25)(H2,21,22,23). The van der Waals surface area contributed by atoms with E-state index in [-0.39, 0.29) is 12.5 Å². The summed E-state index contributed by atoms with van der Waals surface area (Å²) in [4.78, 5) is 16.5. The average molecular weight is 361 g/mol. The van der Waals surface area contributed by atoms with Gasteiger partial charge in [-0.2, -0.15) is 0 Å². The van der Waals surface area contributed by atoms with Crippen LogP contribution in [0.1, 0.15) is 51.5 Å². The van der Waals surface area contributed by atoms with E-state index in [4.69, 9.17) is 0 Å². The highest BCUT2D eigenvalue weighted by molar-refractivity contribution is 5.85. The molecule has 0 radical (unpaired) electrons. The topological polar surface area (TPSA) is 85.8 Å². The maximum absolute atomic E-state index is 12.1. The smallest absolute Gasteiger partial charge is 0.242 e. The van der Waals surface area contributed by atoms with E-state index in [1.165, 1.54) is 19.3 Å². The number of nitrogens with one attached hydrogen (secondary N) is 3. The summed E-state index contributed by atoms with van der Waals surface area (Å²) in [6, 6.07) is 9.80. The summed E-state index contributed by atoms with van der Waals surface area (Å²) in [6.45, 7) is 4.79. The van der Waals surface area contributed by atoms with Crippen LogP contribution in [0.2, 0.25) is 0 Å². The molecule has 6 heteroatoms. The lowest BCUT2D eigenvalue weighted by atomic mass is 9.95. The molecule has 0 heterocycles. The molecule has 0 aliphatic heterocycles. The summed E-state index contributed by atoms with van der Waals surface area (Å²) >= 11 is 0. The summed E-state index contributed by atoms with van der Waals surface area (Å²) in [5.74, 6) is 0.478. The molecule has 144 valence electrons. The van der Waals surface area contributed by atoms with Gasteiger partial charge in [0.15, 0.2) is 5.96 Å². The van der Waals surface area contributed by atoms with E-state index in [2.05, 4.69) is 20.9 Å². The normalized spacial score (nSPS) is 18.0. The van der Waals surface area contributed by atoms with E-state index in [0.717, 1.165) is 18.4 Å². The molecular weight excluding hydrogens is 328 g/mol. The summed E-state index contributed by atoms with van der Waals surface area (Å²) in [5.41, 5.74) is -0.194. The van der Waals surface area contributed by atoms with Gasteiger partial charge in [-0.25, -0.2) is 4.99 Å². The Hall–Kier alpha value is -2.08. The lowest BCUT2D eigenvalue weighted by Crippen LogP contribution is -2.45. The largest absolute Gasteiger partial charge is 0.384 e. The van der Waals surface area contributed by atoms with Gasteiger partial charge >= 0.3 is 0 Å². The first-order chi connectivity index (χ1) is 12.5. The van der Waals surface area contributed by atoms with Crippen LogP contribution in [0, 0.1) is 0 Å². The van der Waals surface area contributed by atoms with Crippen molar-refractivity contribution in [3.63, 3.8) is 0 Å². The number of aliphatic imine (C=N–C) groups is 1. The molecule has 1 fully saturated rings. The second-order valence-corrected chi connectivity index (χ2v) is 7.09. The van der Waals surface area contributed by atoms with Crippen LogP contribution in [0.3, 0.4) is 0 Å². The molecule has 1 unspecified atom stereocenters. The molecule has 0 bridgehead atoms. The van der Waals surface area contributed by atoms with Crippen molar-refractivity contribution in [1.29, 1.82) is 0 Å². The minimum atomic E-state index is -1.03. The molecule has 0 spiro atoms. The number of nitrogens with zero attached hydrogens (tertiary/aromatic N) is 1. The van der Waals surface area contributed by atoms with Crippen LogP contribution >= 0.6 is 0 Å². The Labute approximate surface area is 156 Å². The third kappa shape index (κ3) is 6.67. The summed E-state index contributed by atoms with van der Waals surface area (Å²) in [7, 11) is 0. The number of carbonyl (C=O) groups excluding carboxylic acids is 1. The number of hydrogen-bond acceptors (Lipinski definition) is 3. The molecule has 0 aromatic heterocycles. The zero-order chi connectivity index (χ0) is 18.8. The van der Waals surface area contributed by atoms with Gasteiger partial charge in [0.1, 0.15) is 12.1 Å². The average Bonchev–Trinajstić information content (AvgIpc) is 2.65. The Kier molecular flexibility index (Phi) is 7.91. The van der Waals surface area contributed by atoms with Crippen molar-refractivity contribution in [1.82, 2.24) is 16.0 Å². The zero-order valence-corrected chi connectivity index (χ0v) is 15.9. The number of rotatable bonds is 7. The Morgan fingerprint density at radius 2 is 1.88 bits per heavy atom. The van der Waals surface area contributed by atoms with E-state index >= 15 is 0 Å². The fourth-order valence-corrected chi connectivity index (χ4v) is 3.17. The molecule has 1 aromatic carbocycles. The summed E-state index contributed by atoms with van der Waals surface area (Å²) in [6.07, 6.45) is 5.77. The maximum Gasteiger partial charge on any atom is 0.242 e. The quantitative estimate of drug-likeness (QED) is 0.442. The van der Waals surface area contributed by atoms with E-state index in [0.29, 0.717) is 25.1 Å². The number of benzene rings is 1.